The maximum Gasteiger partial charge on any atom is 0.433 e. The van der Waals surface area contributed by atoms with Crippen LogP contribution in [-0.4, -0.2) is 14.8 Å². The third-order valence-corrected chi connectivity index (χ3v) is 2.30. The summed E-state index contributed by atoms with van der Waals surface area (Å²) in [6.45, 7) is 0. The van der Waals surface area contributed by atoms with E-state index >= 15 is 0 Å². The first-order chi connectivity index (χ1) is 7.86. The van der Waals surface area contributed by atoms with Crippen LogP contribution in [0, 0.1) is 0 Å². The number of alkyl halides is 3. The van der Waals surface area contributed by atoms with Gasteiger partial charge in [0.1, 0.15) is 5.69 Å². The summed E-state index contributed by atoms with van der Waals surface area (Å²) in [6, 6.07) is 2.16. The monoisotopic (exact) mass is 261 g/mol. The van der Waals surface area contributed by atoms with Crippen molar-refractivity contribution in [2.75, 3.05) is 0 Å². The van der Waals surface area contributed by atoms with Crippen molar-refractivity contribution in [3.63, 3.8) is 0 Å². The van der Waals surface area contributed by atoms with E-state index in [0.717, 1.165) is 6.07 Å². The molecule has 0 aliphatic heterocycles. The summed E-state index contributed by atoms with van der Waals surface area (Å²) in [4.78, 5) is 3.53. The summed E-state index contributed by atoms with van der Waals surface area (Å²) >= 11 is 5.65. The van der Waals surface area contributed by atoms with Gasteiger partial charge in [-0.2, -0.15) is 18.3 Å². The molecule has 0 radical (unpaired) electrons. The normalized spacial score (nSPS) is 11.8. The molecule has 0 aromatic carbocycles. The van der Waals surface area contributed by atoms with Gasteiger partial charge in [-0.3, -0.25) is 4.68 Å². The number of halogens is 4. The van der Waals surface area contributed by atoms with E-state index in [1.54, 1.807) is 13.2 Å². The summed E-state index contributed by atoms with van der Waals surface area (Å²) in [5, 5.41) is 3.86. The number of nitrogens with zero attached hydrogens (tertiary/aromatic N) is 3. The van der Waals surface area contributed by atoms with Crippen molar-refractivity contribution >= 4 is 11.6 Å². The number of hydrogen-bond donors (Lipinski definition) is 0. The molecule has 0 saturated carbocycles. The lowest BCUT2D eigenvalue weighted by molar-refractivity contribution is -0.141. The Hall–Kier alpha value is -1.56. The second-order valence-electron chi connectivity index (χ2n) is 3.46. The molecule has 0 unspecified atom stereocenters. The van der Waals surface area contributed by atoms with Gasteiger partial charge in [-0.15, -0.1) is 0 Å². The molecule has 0 spiro atoms. The zero-order valence-electron chi connectivity index (χ0n) is 8.66. The van der Waals surface area contributed by atoms with Gasteiger partial charge in [0.2, 0.25) is 0 Å². The summed E-state index contributed by atoms with van der Waals surface area (Å²) in [6.07, 6.45) is -1.51. The molecule has 2 rings (SSSR count). The predicted octanol–water partition coefficient (Wildman–Crippen LogP) is 3.15. The fourth-order valence-corrected chi connectivity index (χ4v) is 1.55. The lowest BCUT2D eigenvalue weighted by atomic mass is 10.2. The van der Waals surface area contributed by atoms with E-state index in [-0.39, 0.29) is 10.7 Å². The van der Waals surface area contributed by atoms with E-state index in [1.165, 1.54) is 16.9 Å². The van der Waals surface area contributed by atoms with Crippen LogP contribution in [0.25, 0.3) is 11.3 Å². The summed E-state index contributed by atoms with van der Waals surface area (Å²) in [7, 11) is 1.67. The molecule has 2 heterocycles. The van der Waals surface area contributed by atoms with Gasteiger partial charge in [0.05, 0.1) is 11.9 Å². The Morgan fingerprint density at radius 1 is 1.29 bits per heavy atom. The van der Waals surface area contributed by atoms with Crippen molar-refractivity contribution in [3.8, 4) is 11.3 Å². The minimum absolute atomic E-state index is 0.00817. The average molecular weight is 262 g/mol. The lowest BCUT2D eigenvalue weighted by Gasteiger charge is -2.07. The first-order valence-corrected chi connectivity index (χ1v) is 4.98. The van der Waals surface area contributed by atoms with E-state index in [2.05, 4.69) is 10.1 Å². The maximum atomic E-state index is 12.5. The van der Waals surface area contributed by atoms with Gasteiger partial charge >= 0.3 is 6.18 Å². The molecule has 0 N–H and O–H groups in total. The predicted molar refractivity (Wildman–Crippen MR) is 56.5 cm³/mol. The van der Waals surface area contributed by atoms with Gasteiger partial charge < -0.3 is 0 Å². The molecule has 7 heteroatoms. The fourth-order valence-electron chi connectivity index (χ4n) is 1.34. The van der Waals surface area contributed by atoms with Crippen molar-refractivity contribution < 1.29 is 13.2 Å². The molecule has 0 fully saturated rings. The summed E-state index contributed by atoms with van der Waals surface area (Å²) in [5.74, 6) is 0. The third-order valence-electron chi connectivity index (χ3n) is 2.08. The summed E-state index contributed by atoms with van der Waals surface area (Å²) < 4.78 is 39.1. The molecule has 3 nitrogen and oxygen atoms in total. The highest BCUT2D eigenvalue weighted by Crippen LogP contribution is 2.31. The van der Waals surface area contributed by atoms with Crippen LogP contribution in [-0.2, 0) is 13.2 Å². The number of hydrogen-bond acceptors (Lipinski definition) is 2. The van der Waals surface area contributed by atoms with Gasteiger partial charge in [0, 0.05) is 23.8 Å². The Morgan fingerprint density at radius 3 is 2.53 bits per heavy atom. The van der Waals surface area contributed by atoms with Crippen LogP contribution in [0.2, 0.25) is 5.02 Å². The second-order valence-corrected chi connectivity index (χ2v) is 3.89. The number of aryl methyl sites for hydroxylation is 1. The number of aromatic nitrogens is 3. The number of rotatable bonds is 1. The van der Waals surface area contributed by atoms with E-state index in [4.69, 9.17) is 11.6 Å². The molecule has 17 heavy (non-hydrogen) atoms. The van der Waals surface area contributed by atoms with Gasteiger partial charge in [0.25, 0.3) is 0 Å². The Labute approximate surface area is 99.8 Å². The van der Waals surface area contributed by atoms with Gasteiger partial charge in [-0.25, -0.2) is 4.98 Å². The minimum atomic E-state index is -4.51. The number of pyridine rings is 1. The van der Waals surface area contributed by atoms with Crippen molar-refractivity contribution in [1.82, 2.24) is 14.8 Å². The molecule has 0 aliphatic carbocycles. The molecule has 0 saturated heterocycles. The Bertz CT molecular complexity index is 548. The van der Waals surface area contributed by atoms with Crippen LogP contribution in [0.5, 0.6) is 0 Å². The van der Waals surface area contributed by atoms with Crippen LogP contribution in [0.15, 0.2) is 24.5 Å². The standard InChI is InChI=1S/C10H7ClF3N3/c1-17-5-6(4-15-17)8-2-7(11)3-9(16-8)10(12,13)14/h2-5H,1H3. The molecular weight excluding hydrogens is 255 g/mol. The first-order valence-electron chi connectivity index (χ1n) is 4.60. The topological polar surface area (TPSA) is 30.7 Å². The SMILES string of the molecule is Cn1cc(-c2cc(Cl)cc(C(F)(F)F)n2)cn1. The zero-order chi connectivity index (χ0) is 12.6. The minimum Gasteiger partial charge on any atom is -0.275 e. The van der Waals surface area contributed by atoms with Crippen molar-refractivity contribution in [3.05, 3.63) is 35.2 Å². The van der Waals surface area contributed by atoms with E-state index in [0.29, 0.717) is 5.56 Å². The quantitative estimate of drug-likeness (QED) is 0.789. The van der Waals surface area contributed by atoms with Crippen molar-refractivity contribution in [2.24, 2.45) is 7.05 Å². The largest absolute Gasteiger partial charge is 0.433 e. The molecule has 90 valence electrons. The molecule has 0 amide bonds. The van der Waals surface area contributed by atoms with Crippen LogP contribution in [0.4, 0.5) is 13.2 Å². The average Bonchev–Trinajstić information content (AvgIpc) is 2.62. The Kier molecular flexibility index (Phi) is 2.82. The van der Waals surface area contributed by atoms with Gasteiger partial charge in [-0.1, -0.05) is 11.6 Å². The molecule has 0 atom stereocenters. The highest BCUT2D eigenvalue weighted by molar-refractivity contribution is 6.30. The van der Waals surface area contributed by atoms with Gasteiger partial charge in [0.15, 0.2) is 0 Å². The van der Waals surface area contributed by atoms with Crippen LogP contribution >= 0.6 is 11.6 Å². The fraction of sp³-hybridized carbons (Fsp3) is 0.200. The van der Waals surface area contributed by atoms with E-state index < -0.39 is 11.9 Å². The molecule has 2 aromatic rings. The molecule has 0 aliphatic rings. The summed E-state index contributed by atoms with van der Waals surface area (Å²) in [5.41, 5.74) is -0.373. The zero-order valence-corrected chi connectivity index (χ0v) is 9.42. The molecule has 2 aromatic heterocycles. The van der Waals surface area contributed by atoms with E-state index in [1.807, 2.05) is 0 Å². The third kappa shape index (κ3) is 2.58. The van der Waals surface area contributed by atoms with E-state index in [9.17, 15) is 13.2 Å². The first kappa shape index (κ1) is 11.9. The highest BCUT2D eigenvalue weighted by atomic mass is 35.5. The van der Waals surface area contributed by atoms with Crippen molar-refractivity contribution in [2.45, 2.75) is 6.18 Å². The lowest BCUT2D eigenvalue weighted by Crippen LogP contribution is -2.08. The second kappa shape index (κ2) is 4.03. The smallest absolute Gasteiger partial charge is 0.275 e. The van der Waals surface area contributed by atoms with Crippen LogP contribution in [0.1, 0.15) is 5.69 Å². The molecule has 0 bridgehead atoms. The maximum absolute atomic E-state index is 12.5. The van der Waals surface area contributed by atoms with Crippen LogP contribution < -0.4 is 0 Å². The highest BCUT2D eigenvalue weighted by Gasteiger charge is 2.33. The van der Waals surface area contributed by atoms with Crippen molar-refractivity contribution in [1.29, 1.82) is 0 Å². The van der Waals surface area contributed by atoms with Crippen LogP contribution in [0.3, 0.4) is 0 Å². The Balaban J connectivity index is 2.52. The molecular formula is C10H7ClF3N3. The Morgan fingerprint density at radius 2 is 2.00 bits per heavy atom. The van der Waals surface area contributed by atoms with Gasteiger partial charge in [-0.05, 0) is 12.1 Å².